The van der Waals surface area contributed by atoms with E-state index >= 15 is 0 Å². The second-order valence-electron chi connectivity index (χ2n) is 5.22. The van der Waals surface area contributed by atoms with Crippen molar-refractivity contribution in [2.24, 2.45) is 0 Å². The van der Waals surface area contributed by atoms with Gasteiger partial charge in [0, 0.05) is 24.0 Å². The molecule has 3 rings (SSSR count). The molecule has 1 unspecified atom stereocenters. The third kappa shape index (κ3) is 2.66. The fraction of sp³-hybridized carbons (Fsp3) is 0.278. The highest BCUT2D eigenvalue weighted by atomic mass is 14.9. The summed E-state index contributed by atoms with van der Waals surface area (Å²) < 4.78 is 0. The first-order valence-corrected chi connectivity index (χ1v) is 7.29. The molecule has 20 heavy (non-hydrogen) atoms. The molecular weight excluding hydrogens is 244 g/mol. The number of rotatable bonds is 3. The normalized spacial score (nSPS) is 19.2. The summed E-state index contributed by atoms with van der Waals surface area (Å²) in [6.45, 7) is 3.20. The van der Waals surface area contributed by atoms with Crippen molar-refractivity contribution in [3.05, 3.63) is 71.6 Å². The van der Waals surface area contributed by atoms with Gasteiger partial charge in [0.1, 0.15) is 0 Å². The van der Waals surface area contributed by atoms with Crippen LogP contribution in [0.5, 0.6) is 0 Å². The zero-order chi connectivity index (χ0) is 13.8. The molecule has 1 aromatic heterocycles. The number of pyridine rings is 1. The number of hydrogen-bond acceptors (Lipinski definition) is 2. The molecule has 2 heteroatoms. The first-order valence-electron chi connectivity index (χ1n) is 7.29. The van der Waals surface area contributed by atoms with Crippen molar-refractivity contribution in [3.8, 4) is 0 Å². The standard InChI is InChI=1S/C18H20N2/c1-2-17(14-7-4-3-5-8-14)15-11-16(13-19-12-15)18-9-6-10-20-18/h2-5,7-8,11-13,18,20H,6,9-10H2,1H3/b17-2+. The number of nitrogens with one attached hydrogen (secondary N) is 1. The van der Waals surface area contributed by atoms with E-state index in [1.807, 2.05) is 18.5 Å². The molecule has 2 nitrogen and oxygen atoms in total. The van der Waals surface area contributed by atoms with Crippen LogP contribution in [-0.2, 0) is 0 Å². The number of benzene rings is 1. The SMILES string of the molecule is C/C=C(\c1ccccc1)c1cncc(C2CCCN2)c1. The molecule has 102 valence electrons. The van der Waals surface area contributed by atoms with Crippen molar-refractivity contribution < 1.29 is 0 Å². The van der Waals surface area contributed by atoms with E-state index in [-0.39, 0.29) is 0 Å². The van der Waals surface area contributed by atoms with Gasteiger partial charge < -0.3 is 5.32 Å². The van der Waals surface area contributed by atoms with Crippen LogP contribution in [0.15, 0.2) is 54.9 Å². The molecule has 0 spiro atoms. The van der Waals surface area contributed by atoms with E-state index in [2.05, 4.69) is 53.6 Å². The van der Waals surface area contributed by atoms with E-state index in [1.54, 1.807) is 0 Å². The Balaban J connectivity index is 1.95. The van der Waals surface area contributed by atoms with Crippen LogP contribution < -0.4 is 5.32 Å². The molecule has 2 aromatic rings. The maximum absolute atomic E-state index is 4.44. The summed E-state index contributed by atoms with van der Waals surface area (Å²) in [6.07, 6.45) is 8.58. The van der Waals surface area contributed by atoms with Gasteiger partial charge in [0.05, 0.1) is 0 Å². The van der Waals surface area contributed by atoms with Crippen LogP contribution in [0.4, 0.5) is 0 Å². The highest BCUT2D eigenvalue weighted by Crippen LogP contribution is 2.27. The Kier molecular flexibility index (Phi) is 3.93. The minimum atomic E-state index is 0.469. The Bertz CT molecular complexity index is 596. The van der Waals surface area contributed by atoms with Gasteiger partial charge in [0.15, 0.2) is 0 Å². The second kappa shape index (κ2) is 6.02. The molecule has 1 N–H and O–H groups in total. The summed E-state index contributed by atoms with van der Waals surface area (Å²) in [5, 5.41) is 3.54. The average Bonchev–Trinajstić information content (AvgIpc) is 3.04. The Hall–Kier alpha value is -1.93. The van der Waals surface area contributed by atoms with Gasteiger partial charge in [0.2, 0.25) is 0 Å². The number of allylic oxidation sites excluding steroid dienone is 1. The topological polar surface area (TPSA) is 24.9 Å². The molecule has 0 radical (unpaired) electrons. The first-order chi connectivity index (χ1) is 9.88. The van der Waals surface area contributed by atoms with Gasteiger partial charge in [-0.1, -0.05) is 36.4 Å². The van der Waals surface area contributed by atoms with Gasteiger partial charge in [-0.25, -0.2) is 0 Å². The van der Waals surface area contributed by atoms with E-state index in [4.69, 9.17) is 0 Å². The Morgan fingerprint density at radius 1 is 1.20 bits per heavy atom. The quantitative estimate of drug-likeness (QED) is 0.907. The van der Waals surface area contributed by atoms with Crippen molar-refractivity contribution in [2.45, 2.75) is 25.8 Å². The van der Waals surface area contributed by atoms with E-state index in [0.717, 1.165) is 6.54 Å². The lowest BCUT2D eigenvalue weighted by Crippen LogP contribution is -2.13. The molecule has 1 aliphatic heterocycles. The fourth-order valence-corrected chi connectivity index (χ4v) is 2.88. The summed E-state index contributed by atoms with van der Waals surface area (Å²) in [4.78, 5) is 4.44. The van der Waals surface area contributed by atoms with Crippen LogP contribution in [0, 0.1) is 0 Å². The largest absolute Gasteiger partial charge is 0.310 e. The smallest absolute Gasteiger partial charge is 0.0346 e. The van der Waals surface area contributed by atoms with Crippen LogP contribution in [0.3, 0.4) is 0 Å². The summed E-state index contributed by atoms with van der Waals surface area (Å²) >= 11 is 0. The van der Waals surface area contributed by atoms with Gasteiger partial charge in [-0.3, -0.25) is 4.98 Å². The predicted octanol–water partition coefficient (Wildman–Crippen LogP) is 3.96. The summed E-state index contributed by atoms with van der Waals surface area (Å²) in [6, 6.07) is 13.2. The molecular formula is C18H20N2. The van der Waals surface area contributed by atoms with E-state index in [9.17, 15) is 0 Å². The van der Waals surface area contributed by atoms with Gasteiger partial charge in [-0.15, -0.1) is 0 Å². The Morgan fingerprint density at radius 2 is 2.05 bits per heavy atom. The highest BCUT2D eigenvalue weighted by Gasteiger charge is 2.17. The molecule has 1 aromatic carbocycles. The molecule has 0 bridgehead atoms. The second-order valence-corrected chi connectivity index (χ2v) is 5.22. The van der Waals surface area contributed by atoms with Crippen LogP contribution in [0.1, 0.15) is 42.5 Å². The van der Waals surface area contributed by atoms with E-state index in [0.29, 0.717) is 6.04 Å². The summed E-state index contributed by atoms with van der Waals surface area (Å²) in [7, 11) is 0. The maximum Gasteiger partial charge on any atom is 0.0346 e. The van der Waals surface area contributed by atoms with Gasteiger partial charge in [0.25, 0.3) is 0 Å². The van der Waals surface area contributed by atoms with Crippen molar-refractivity contribution in [2.75, 3.05) is 6.54 Å². The average molecular weight is 264 g/mol. The molecule has 0 amide bonds. The third-order valence-electron chi connectivity index (χ3n) is 3.91. The van der Waals surface area contributed by atoms with E-state index < -0.39 is 0 Å². The highest BCUT2D eigenvalue weighted by molar-refractivity contribution is 5.79. The first kappa shape index (κ1) is 13.1. The molecule has 1 saturated heterocycles. The number of hydrogen-bond donors (Lipinski definition) is 1. The zero-order valence-corrected chi connectivity index (χ0v) is 11.8. The lowest BCUT2D eigenvalue weighted by molar-refractivity contribution is 0.645. The van der Waals surface area contributed by atoms with Crippen molar-refractivity contribution in [1.82, 2.24) is 10.3 Å². The van der Waals surface area contributed by atoms with Crippen molar-refractivity contribution in [3.63, 3.8) is 0 Å². The molecule has 1 atom stereocenters. The molecule has 1 aliphatic rings. The maximum atomic E-state index is 4.44. The Labute approximate surface area is 120 Å². The number of nitrogens with zero attached hydrogens (tertiary/aromatic N) is 1. The van der Waals surface area contributed by atoms with Crippen LogP contribution >= 0.6 is 0 Å². The molecule has 0 saturated carbocycles. The van der Waals surface area contributed by atoms with Crippen LogP contribution in [0.2, 0.25) is 0 Å². The summed E-state index contributed by atoms with van der Waals surface area (Å²) in [5.74, 6) is 0. The van der Waals surface area contributed by atoms with E-state index in [1.165, 1.54) is 35.1 Å². The lowest BCUT2D eigenvalue weighted by atomic mass is 9.96. The van der Waals surface area contributed by atoms with Gasteiger partial charge in [-0.2, -0.15) is 0 Å². The molecule has 0 aliphatic carbocycles. The van der Waals surface area contributed by atoms with Crippen molar-refractivity contribution in [1.29, 1.82) is 0 Å². The predicted molar refractivity (Wildman–Crippen MR) is 83.4 cm³/mol. The lowest BCUT2D eigenvalue weighted by Gasteiger charge is -2.13. The molecule has 2 heterocycles. The van der Waals surface area contributed by atoms with Crippen LogP contribution in [-0.4, -0.2) is 11.5 Å². The minimum absolute atomic E-state index is 0.469. The van der Waals surface area contributed by atoms with Gasteiger partial charge >= 0.3 is 0 Å². The Morgan fingerprint density at radius 3 is 2.75 bits per heavy atom. The molecule has 1 fully saturated rings. The monoisotopic (exact) mass is 264 g/mol. The third-order valence-corrected chi connectivity index (χ3v) is 3.91. The van der Waals surface area contributed by atoms with Crippen LogP contribution in [0.25, 0.3) is 5.57 Å². The fourth-order valence-electron chi connectivity index (χ4n) is 2.88. The van der Waals surface area contributed by atoms with Crippen molar-refractivity contribution >= 4 is 5.57 Å². The van der Waals surface area contributed by atoms with Gasteiger partial charge in [-0.05, 0) is 49.1 Å². The zero-order valence-electron chi connectivity index (χ0n) is 11.8. The minimum Gasteiger partial charge on any atom is -0.310 e. The summed E-state index contributed by atoms with van der Waals surface area (Å²) in [5.41, 5.74) is 4.99. The number of aromatic nitrogens is 1.